The number of carboxylic acid groups (broad SMARTS) is 1. The van der Waals surface area contributed by atoms with Crippen molar-refractivity contribution in [1.29, 1.82) is 0 Å². The zero-order chi connectivity index (χ0) is 18.6. The predicted molar refractivity (Wildman–Crippen MR) is 98.6 cm³/mol. The molecule has 1 atom stereocenters. The molecule has 0 saturated heterocycles. The van der Waals surface area contributed by atoms with E-state index in [0.29, 0.717) is 11.3 Å². The number of rotatable bonds is 4. The van der Waals surface area contributed by atoms with Crippen molar-refractivity contribution in [2.24, 2.45) is 0 Å². The van der Waals surface area contributed by atoms with Gasteiger partial charge in [-0.3, -0.25) is 9.69 Å². The first-order chi connectivity index (χ1) is 11.7. The summed E-state index contributed by atoms with van der Waals surface area (Å²) in [5.74, 6) is -0.380. The second kappa shape index (κ2) is 7.38. The molecule has 5 heteroatoms. The maximum Gasteiger partial charge on any atom is 0.408 e. The minimum absolute atomic E-state index is 0.380. The van der Waals surface area contributed by atoms with Crippen molar-refractivity contribution in [3.05, 3.63) is 65.7 Å². The van der Waals surface area contributed by atoms with Crippen LogP contribution in [0.15, 0.2) is 54.6 Å². The van der Waals surface area contributed by atoms with Crippen molar-refractivity contribution >= 4 is 17.7 Å². The SMILES string of the molecule is Cc1cccc(NC(=O)C(c2ccccc2)N(C(=O)O)C(C)(C)C)c1. The number of anilines is 1. The molecule has 0 aliphatic carbocycles. The standard InChI is InChI=1S/C20H24N2O3/c1-14-9-8-12-16(13-14)21-18(23)17(15-10-6-5-7-11-15)22(19(24)25)20(2,3)4/h5-13,17H,1-4H3,(H,21,23)(H,24,25). The van der Waals surface area contributed by atoms with Gasteiger partial charge in [-0.05, 0) is 51.0 Å². The Bertz CT molecular complexity index is 751. The molecule has 2 N–H and O–H groups in total. The van der Waals surface area contributed by atoms with Gasteiger partial charge in [-0.15, -0.1) is 0 Å². The number of hydrogen-bond donors (Lipinski definition) is 2. The smallest absolute Gasteiger partial charge is 0.408 e. The number of nitrogens with one attached hydrogen (secondary N) is 1. The summed E-state index contributed by atoms with van der Waals surface area (Å²) in [4.78, 5) is 26.1. The van der Waals surface area contributed by atoms with Crippen molar-refractivity contribution in [2.75, 3.05) is 5.32 Å². The molecule has 0 fully saturated rings. The number of aryl methyl sites for hydroxylation is 1. The van der Waals surface area contributed by atoms with Crippen LogP contribution >= 0.6 is 0 Å². The fourth-order valence-corrected chi connectivity index (χ4v) is 2.77. The molecule has 2 aromatic rings. The second-order valence-electron chi connectivity index (χ2n) is 7.00. The molecule has 132 valence electrons. The number of amides is 2. The lowest BCUT2D eigenvalue weighted by molar-refractivity contribution is -0.122. The Morgan fingerprint density at radius 2 is 1.68 bits per heavy atom. The number of nitrogens with zero attached hydrogens (tertiary/aromatic N) is 1. The van der Waals surface area contributed by atoms with Gasteiger partial charge in [-0.2, -0.15) is 0 Å². The third kappa shape index (κ3) is 4.59. The highest BCUT2D eigenvalue weighted by atomic mass is 16.4. The van der Waals surface area contributed by atoms with E-state index in [9.17, 15) is 14.7 Å². The van der Waals surface area contributed by atoms with Gasteiger partial charge in [0.25, 0.3) is 5.91 Å². The molecule has 0 aliphatic heterocycles. The lowest BCUT2D eigenvalue weighted by Crippen LogP contribution is -2.50. The van der Waals surface area contributed by atoms with Crippen molar-refractivity contribution in [3.8, 4) is 0 Å². The Labute approximate surface area is 148 Å². The zero-order valence-corrected chi connectivity index (χ0v) is 15.0. The van der Waals surface area contributed by atoms with Crippen LogP contribution in [0, 0.1) is 6.92 Å². The number of carbonyl (C=O) groups excluding carboxylic acids is 1. The molecular formula is C20H24N2O3. The summed E-state index contributed by atoms with van der Waals surface area (Å²) in [5, 5.41) is 12.6. The molecule has 2 rings (SSSR count). The highest BCUT2D eigenvalue weighted by Gasteiger charge is 2.38. The maximum absolute atomic E-state index is 13.0. The zero-order valence-electron chi connectivity index (χ0n) is 15.0. The maximum atomic E-state index is 13.0. The van der Waals surface area contributed by atoms with Crippen molar-refractivity contribution < 1.29 is 14.7 Å². The lowest BCUT2D eigenvalue weighted by Gasteiger charge is -2.39. The van der Waals surface area contributed by atoms with Crippen LogP contribution in [0.4, 0.5) is 10.5 Å². The summed E-state index contributed by atoms with van der Waals surface area (Å²) in [6.07, 6.45) is -1.14. The predicted octanol–water partition coefficient (Wildman–Crippen LogP) is 4.45. The molecule has 0 radical (unpaired) electrons. The molecular weight excluding hydrogens is 316 g/mol. The van der Waals surface area contributed by atoms with Gasteiger partial charge in [0.15, 0.2) is 0 Å². The quantitative estimate of drug-likeness (QED) is 0.863. The van der Waals surface area contributed by atoms with E-state index in [1.165, 1.54) is 4.90 Å². The van der Waals surface area contributed by atoms with Crippen molar-refractivity contribution in [1.82, 2.24) is 4.90 Å². The van der Waals surface area contributed by atoms with E-state index in [-0.39, 0.29) is 5.91 Å². The fourth-order valence-electron chi connectivity index (χ4n) is 2.77. The Morgan fingerprint density at radius 1 is 1.04 bits per heavy atom. The van der Waals surface area contributed by atoms with Gasteiger partial charge in [0.1, 0.15) is 6.04 Å². The van der Waals surface area contributed by atoms with Crippen LogP contribution in [0.25, 0.3) is 0 Å². The molecule has 2 aromatic carbocycles. The van der Waals surface area contributed by atoms with Crippen LogP contribution < -0.4 is 5.32 Å². The molecule has 0 saturated carbocycles. The van der Waals surface area contributed by atoms with Gasteiger partial charge in [-0.25, -0.2) is 4.79 Å². The van der Waals surface area contributed by atoms with E-state index in [2.05, 4.69) is 5.32 Å². The topological polar surface area (TPSA) is 69.6 Å². The summed E-state index contributed by atoms with van der Waals surface area (Å²) >= 11 is 0. The number of carbonyl (C=O) groups is 2. The van der Waals surface area contributed by atoms with Crippen LogP contribution in [0.3, 0.4) is 0 Å². The van der Waals surface area contributed by atoms with Crippen LogP contribution in [-0.4, -0.2) is 27.5 Å². The number of benzene rings is 2. The van der Waals surface area contributed by atoms with Crippen LogP contribution in [0.5, 0.6) is 0 Å². The summed E-state index contributed by atoms with van der Waals surface area (Å²) in [7, 11) is 0. The van der Waals surface area contributed by atoms with Gasteiger partial charge < -0.3 is 10.4 Å². The summed E-state index contributed by atoms with van der Waals surface area (Å²) < 4.78 is 0. The average Bonchev–Trinajstić information content (AvgIpc) is 2.51. The molecule has 0 heterocycles. The monoisotopic (exact) mass is 340 g/mol. The highest BCUT2D eigenvalue weighted by molar-refractivity contribution is 5.97. The Kier molecular flexibility index (Phi) is 5.47. The molecule has 0 bridgehead atoms. The minimum atomic E-state index is -1.14. The van der Waals surface area contributed by atoms with Crippen LogP contribution in [0.1, 0.15) is 37.9 Å². The lowest BCUT2D eigenvalue weighted by atomic mass is 9.97. The Hall–Kier alpha value is -2.82. The van der Waals surface area contributed by atoms with Gasteiger partial charge >= 0.3 is 6.09 Å². The fraction of sp³-hybridized carbons (Fsp3) is 0.300. The Balaban J connectivity index is 2.44. The molecule has 0 spiro atoms. The third-order valence-corrected chi connectivity index (χ3v) is 3.84. The second-order valence-corrected chi connectivity index (χ2v) is 7.00. The third-order valence-electron chi connectivity index (χ3n) is 3.84. The molecule has 25 heavy (non-hydrogen) atoms. The van der Waals surface area contributed by atoms with Gasteiger partial charge in [0, 0.05) is 11.2 Å². The van der Waals surface area contributed by atoms with Gasteiger partial charge in [0.05, 0.1) is 0 Å². The largest absolute Gasteiger partial charge is 0.465 e. The first kappa shape index (κ1) is 18.5. The van der Waals surface area contributed by atoms with E-state index in [0.717, 1.165) is 5.56 Å². The summed E-state index contributed by atoms with van der Waals surface area (Å²) in [6.45, 7) is 7.26. The summed E-state index contributed by atoms with van der Waals surface area (Å²) in [5.41, 5.74) is 1.55. The Morgan fingerprint density at radius 3 is 2.20 bits per heavy atom. The van der Waals surface area contributed by atoms with Crippen LogP contribution in [0.2, 0.25) is 0 Å². The first-order valence-corrected chi connectivity index (χ1v) is 8.15. The molecule has 5 nitrogen and oxygen atoms in total. The van der Waals surface area contributed by atoms with Gasteiger partial charge in [-0.1, -0.05) is 42.5 Å². The number of hydrogen-bond acceptors (Lipinski definition) is 2. The normalized spacial score (nSPS) is 12.3. The van der Waals surface area contributed by atoms with Crippen molar-refractivity contribution in [2.45, 2.75) is 39.3 Å². The van der Waals surface area contributed by atoms with Crippen molar-refractivity contribution in [3.63, 3.8) is 0 Å². The van der Waals surface area contributed by atoms with E-state index in [1.54, 1.807) is 51.1 Å². The molecule has 2 amide bonds. The van der Waals surface area contributed by atoms with Gasteiger partial charge in [0.2, 0.25) is 0 Å². The highest BCUT2D eigenvalue weighted by Crippen LogP contribution is 2.30. The molecule has 0 aliphatic rings. The minimum Gasteiger partial charge on any atom is -0.465 e. The summed E-state index contributed by atoms with van der Waals surface area (Å²) in [6, 6.07) is 15.4. The van der Waals surface area contributed by atoms with Crippen LogP contribution in [-0.2, 0) is 4.79 Å². The van der Waals surface area contributed by atoms with E-state index >= 15 is 0 Å². The average molecular weight is 340 g/mol. The van der Waals surface area contributed by atoms with E-state index < -0.39 is 17.7 Å². The molecule has 0 aromatic heterocycles. The van der Waals surface area contributed by atoms with E-state index in [1.807, 2.05) is 31.2 Å². The first-order valence-electron chi connectivity index (χ1n) is 8.15. The van der Waals surface area contributed by atoms with E-state index in [4.69, 9.17) is 0 Å². The molecule has 1 unspecified atom stereocenters.